The van der Waals surface area contributed by atoms with Crippen LogP contribution in [0.1, 0.15) is 51.1 Å². The summed E-state index contributed by atoms with van der Waals surface area (Å²) in [6, 6.07) is -0.348. The molecule has 21 heavy (non-hydrogen) atoms. The molecule has 1 fully saturated rings. The van der Waals surface area contributed by atoms with Crippen molar-refractivity contribution in [3.8, 4) is 0 Å². The van der Waals surface area contributed by atoms with Crippen molar-refractivity contribution in [2.24, 2.45) is 0 Å². The van der Waals surface area contributed by atoms with Crippen LogP contribution in [0.3, 0.4) is 0 Å². The minimum Gasteiger partial charge on any atom is -0.480 e. The zero-order chi connectivity index (χ0) is 15.4. The molecular weight excluding hydrogens is 290 g/mol. The first-order valence-electron chi connectivity index (χ1n) is 7.22. The number of urea groups is 1. The predicted molar refractivity (Wildman–Crippen MR) is 81.8 cm³/mol. The molecule has 2 N–H and O–H groups in total. The minimum absolute atomic E-state index is 0.0191. The van der Waals surface area contributed by atoms with Crippen molar-refractivity contribution in [2.45, 2.75) is 51.5 Å². The Kier molecular flexibility index (Phi) is 5.17. The van der Waals surface area contributed by atoms with Gasteiger partial charge in [-0.25, -0.2) is 9.78 Å². The lowest BCUT2D eigenvalue weighted by Crippen LogP contribution is -2.44. The highest BCUT2D eigenvalue weighted by molar-refractivity contribution is 7.13. The van der Waals surface area contributed by atoms with E-state index in [4.69, 9.17) is 5.11 Å². The number of rotatable bonds is 5. The van der Waals surface area contributed by atoms with Crippen LogP contribution >= 0.6 is 11.3 Å². The first-order chi connectivity index (χ1) is 9.97. The van der Waals surface area contributed by atoms with Crippen LogP contribution in [0.2, 0.25) is 0 Å². The molecular formula is C14H21N3O3S. The van der Waals surface area contributed by atoms with Crippen LogP contribution in [0.15, 0.2) is 5.38 Å². The molecule has 1 heterocycles. The summed E-state index contributed by atoms with van der Waals surface area (Å²) in [6.45, 7) is 3.81. The largest absolute Gasteiger partial charge is 0.480 e. The molecule has 2 amide bonds. The second-order valence-electron chi connectivity index (χ2n) is 5.62. The molecule has 0 saturated heterocycles. The molecule has 6 nitrogen and oxygen atoms in total. The van der Waals surface area contributed by atoms with E-state index in [1.165, 1.54) is 16.2 Å². The first-order valence-corrected chi connectivity index (χ1v) is 8.10. The van der Waals surface area contributed by atoms with Gasteiger partial charge in [-0.3, -0.25) is 10.1 Å². The van der Waals surface area contributed by atoms with Crippen molar-refractivity contribution in [1.29, 1.82) is 0 Å². The number of hydrogen-bond donors (Lipinski definition) is 2. The van der Waals surface area contributed by atoms with Gasteiger partial charge in [-0.05, 0) is 18.8 Å². The van der Waals surface area contributed by atoms with E-state index in [1.807, 2.05) is 19.2 Å². The Hall–Kier alpha value is -1.63. The topological polar surface area (TPSA) is 82.5 Å². The number of carboxylic acids is 1. The second-order valence-corrected chi connectivity index (χ2v) is 6.48. The number of hydrogen-bond acceptors (Lipinski definition) is 4. The summed E-state index contributed by atoms with van der Waals surface area (Å²) in [5.74, 6) is -0.684. The average molecular weight is 311 g/mol. The molecule has 1 saturated carbocycles. The van der Waals surface area contributed by atoms with Gasteiger partial charge in [0.2, 0.25) is 0 Å². The number of carbonyl (C=O) groups excluding carboxylic acids is 1. The number of aliphatic carboxylic acids is 1. The van der Waals surface area contributed by atoms with E-state index in [0.717, 1.165) is 31.4 Å². The summed E-state index contributed by atoms with van der Waals surface area (Å²) in [5.41, 5.74) is 0.931. The maximum Gasteiger partial charge on any atom is 0.324 e. The summed E-state index contributed by atoms with van der Waals surface area (Å²) in [5, 5.41) is 14.2. The van der Waals surface area contributed by atoms with Gasteiger partial charge in [-0.2, -0.15) is 0 Å². The SMILES string of the molecule is CC(C)c1csc(NC(=O)N(CC(=O)O)C2CCCC2)n1. The molecule has 1 aromatic rings. The van der Waals surface area contributed by atoms with Gasteiger partial charge >= 0.3 is 12.0 Å². The lowest BCUT2D eigenvalue weighted by Gasteiger charge is -2.26. The fourth-order valence-electron chi connectivity index (χ4n) is 2.50. The molecule has 0 atom stereocenters. The summed E-state index contributed by atoms with van der Waals surface area (Å²) < 4.78 is 0. The minimum atomic E-state index is -0.987. The van der Waals surface area contributed by atoms with Gasteiger partial charge < -0.3 is 10.0 Å². The van der Waals surface area contributed by atoms with Gasteiger partial charge in [0, 0.05) is 11.4 Å². The lowest BCUT2D eigenvalue weighted by molar-refractivity contribution is -0.138. The summed E-state index contributed by atoms with van der Waals surface area (Å²) in [6.07, 6.45) is 3.83. The Morgan fingerprint density at radius 1 is 1.48 bits per heavy atom. The summed E-state index contributed by atoms with van der Waals surface area (Å²) in [7, 11) is 0. The van der Waals surface area contributed by atoms with Crippen LogP contribution < -0.4 is 5.32 Å². The molecule has 0 unspecified atom stereocenters. The van der Waals surface area contributed by atoms with Gasteiger partial charge in [-0.15, -0.1) is 11.3 Å². The van der Waals surface area contributed by atoms with Gasteiger partial charge in [0.05, 0.1) is 5.69 Å². The Morgan fingerprint density at radius 3 is 2.67 bits per heavy atom. The standard InChI is InChI=1S/C14H21N3O3S/c1-9(2)11-8-21-13(15-11)16-14(20)17(7-12(18)19)10-5-3-4-6-10/h8-10H,3-7H2,1-2H3,(H,18,19)(H,15,16,20). The number of nitrogens with one attached hydrogen (secondary N) is 1. The van der Waals surface area contributed by atoms with E-state index < -0.39 is 5.97 Å². The van der Waals surface area contributed by atoms with Crippen molar-refractivity contribution in [3.05, 3.63) is 11.1 Å². The third-order valence-electron chi connectivity index (χ3n) is 3.66. The molecule has 7 heteroatoms. The number of anilines is 1. The fourth-order valence-corrected chi connectivity index (χ4v) is 3.36. The van der Waals surface area contributed by atoms with Crippen LogP contribution in [-0.4, -0.2) is 39.6 Å². The number of thiazole rings is 1. The van der Waals surface area contributed by atoms with E-state index in [9.17, 15) is 9.59 Å². The summed E-state index contributed by atoms with van der Waals surface area (Å²) >= 11 is 1.37. The highest BCUT2D eigenvalue weighted by Crippen LogP contribution is 2.25. The monoisotopic (exact) mass is 311 g/mol. The lowest BCUT2D eigenvalue weighted by atomic mass is 10.2. The van der Waals surface area contributed by atoms with Gasteiger partial charge in [0.15, 0.2) is 5.13 Å². The molecule has 2 rings (SSSR count). The van der Waals surface area contributed by atoms with Crippen LogP contribution in [0, 0.1) is 0 Å². The second kappa shape index (κ2) is 6.89. The maximum atomic E-state index is 12.3. The predicted octanol–water partition coefficient (Wildman–Crippen LogP) is 3.13. The van der Waals surface area contributed by atoms with Crippen molar-refractivity contribution < 1.29 is 14.7 Å². The van der Waals surface area contributed by atoms with E-state index in [0.29, 0.717) is 11.0 Å². The quantitative estimate of drug-likeness (QED) is 0.875. The number of amides is 2. The Bertz CT molecular complexity index is 509. The number of nitrogens with zero attached hydrogens (tertiary/aromatic N) is 2. The van der Waals surface area contributed by atoms with E-state index in [1.54, 1.807) is 0 Å². The molecule has 1 aliphatic rings. The smallest absolute Gasteiger partial charge is 0.324 e. The molecule has 0 aromatic carbocycles. The molecule has 0 bridgehead atoms. The fraction of sp³-hybridized carbons (Fsp3) is 0.643. The summed E-state index contributed by atoms with van der Waals surface area (Å²) in [4.78, 5) is 29.1. The number of carboxylic acid groups (broad SMARTS) is 1. The van der Waals surface area contributed by atoms with Crippen LogP contribution in [0.4, 0.5) is 9.93 Å². The molecule has 0 radical (unpaired) electrons. The van der Waals surface area contributed by atoms with Crippen molar-refractivity contribution in [1.82, 2.24) is 9.88 Å². The molecule has 1 aromatic heterocycles. The average Bonchev–Trinajstić information content (AvgIpc) is 3.06. The third kappa shape index (κ3) is 4.17. The zero-order valence-corrected chi connectivity index (χ0v) is 13.2. The highest BCUT2D eigenvalue weighted by atomic mass is 32.1. The highest BCUT2D eigenvalue weighted by Gasteiger charge is 2.28. The first kappa shape index (κ1) is 15.8. The van der Waals surface area contributed by atoms with Crippen LogP contribution in [-0.2, 0) is 4.79 Å². The Labute approximate surface area is 128 Å². The molecule has 116 valence electrons. The van der Waals surface area contributed by atoms with E-state index in [2.05, 4.69) is 10.3 Å². The number of aromatic nitrogens is 1. The maximum absolute atomic E-state index is 12.3. The van der Waals surface area contributed by atoms with E-state index >= 15 is 0 Å². The molecule has 1 aliphatic carbocycles. The molecule has 0 aliphatic heterocycles. The van der Waals surface area contributed by atoms with Crippen LogP contribution in [0.5, 0.6) is 0 Å². The van der Waals surface area contributed by atoms with Gasteiger partial charge in [0.25, 0.3) is 0 Å². The molecule has 0 spiro atoms. The Balaban J connectivity index is 2.04. The Morgan fingerprint density at radius 2 is 2.14 bits per heavy atom. The van der Waals surface area contributed by atoms with Gasteiger partial charge in [-0.1, -0.05) is 26.7 Å². The van der Waals surface area contributed by atoms with Gasteiger partial charge in [0.1, 0.15) is 6.54 Å². The van der Waals surface area contributed by atoms with Crippen LogP contribution in [0.25, 0.3) is 0 Å². The number of carbonyl (C=O) groups is 2. The normalized spacial score (nSPS) is 15.4. The van der Waals surface area contributed by atoms with E-state index in [-0.39, 0.29) is 18.6 Å². The third-order valence-corrected chi connectivity index (χ3v) is 4.44. The van der Waals surface area contributed by atoms with Crippen molar-refractivity contribution >= 4 is 28.5 Å². The van der Waals surface area contributed by atoms with Crippen molar-refractivity contribution in [3.63, 3.8) is 0 Å². The van der Waals surface area contributed by atoms with Crippen molar-refractivity contribution in [2.75, 3.05) is 11.9 Å². The zero-order valence-electron chi connectivity index (χ0n) is 12.3.